The highest BCUT2D eigenvalue weighted by Crippen LogP contribution is 2.28. The number of alkyl halides is 3. The number of aliphatic hydroxyl groups is 1. The molecular formula is C12H13F3N2O4. The lowest BCUT2D eigenvalue weighted by Crippen LogP contribution is -2.41. The zero-order valence-electron chi connectivity index (χ0n) is 10.6. The van der Waals surface area contributed by atoms with Crippen LogP contribution in [0.3, 0.4) is 0 Å². The minimum absolute atomic E-state index is 0.0346. The topological polar surface area (TPSA) is 98.7 Å². The quantitative estimate of drug-likeness (QED) is 0.651. The second-order valence-corrected chi connectivity index (χ2v) is 4.11. The van der Waals surface area contributed by atoms with Crippen molar-refractivity contribution in [3.05, 3.63) is 35.4 Å². The first kappa shape index (κ1) is 16.8. The third-order valence-corrected chi connectivity index (χ3v) is 2.48. The number of benzene rings is 1. The summed E-state index contributed by atoms with van der Waals surface area (Å²) in [5.41, 5.74) is -0.350. The predicted molar refractivity (Wildman–Crippen MR) is 65.3 cm³/mol. The van der Waals surface area contributed by atoms with Crippen LogP contribution in [0.25, 0.3) is 0 Å². The molecule has 0 bridgehead atoms. The van der Waals surface area contributed by atoms with Gasteiger partial charge in [0, 0.05) is 6.54 Å². The summed E-state index contributed by atoms with van der Waals surface area (Å²) in [5, 5.41) is 21.7. The summed E-state index contributed by atoms with van der Waals surface area (Å²) in [6.07, 6.45) is -6.14. The number of aliphatic carboxylic acids is 1. The van der Waals surface area contributed by atoms with E-state index in [1.807, 2.05) is 0 Å². The fourth-order valence-corrected chi connectivity index (χ4v) is 1.33. The number of amides is 2. The maximum Gasteiger partial charge on any atom is 0.416 e. The molecule has 1 atom stereocenters. The number of carboxylic acids is 1. The smallest absolute Gasteiger partial charge is 0.416 e. The molecule has 0 saturated heterocycles. The molecule has 0 fully saturated rings. The number of nitrogens with one attached hydrogen (secondary N) is 2. The molecule has 6 nitrogen and oxygen atoms in total. The number of carbonyl (C=O) groups is 2. The molecule has 9 heteroatoms. The monoisotopic (exact) mass is 306 g/mol. The maximum atomic E-state index is 12.3. The number of hydrogen-bond donors (Lipinski definition) is 4. The number of urea groups is 1. The average molecular weight is 306 g/mol. The van der Waals surface area contributed by atoms with Gasteiger partial charge in [-0.1, -0.05) is 12.1 Å². The molecule has 1 rings (SSSR count). The van der Waals surface area contributed by atoms with E-state index < -0.39 is 36.4 Å². The van der Waals surface area contributed by atoms with E-state index in [9.17, 15) is 22.8 Å². The predicted octanol–water partition coefficient (Wildman–Crippen LogP) is 0.950. The van der Waals surface area contributed by atoms with Gasteiger partial charge < -0.3 is 20.8 Å². The second kappa shape index (κ2) is 6.93. The van der Waals surface area contributed by atoms with Crippen molar-refractivity contribution < 1.29 is 33.0 Å². The molecular weight excluding hydrogens is 293 g/mol. The van der Waals surface area contributed by atoms with Crippen LogP contribution in [-0.2, 0) is 17.5 Å². The van der Waals surface area contributed by atoms with E-state index in [0.717, 1.165) is 12.1 Å². The Morgan fingerprint density at radius 1 is 1.14 bits per heavy atom. The van der Waals surface area contributed by atoms with Crippen LogP contribution in [0.1, 0.15) is 11.1 Å². The highest BCUT2D eigenvalue weighted by atomic mass is 19.4. The Kier molecular flexibility index (Phi) is 5.53. The van der Waals surface area contributed by atoms with Crippen molar-refractivity contribution in [3.63, 3.8) is 0 Å². The second-order valence-electron chi connectivity index (χ2n) is 4.11. The highest BCUT2D eigenvalue weighted by molar-refractivity contribution is 5.76. The molecule has 116 valence electrons. The van der Waals surface area contributed by atoms with Crippen LogP contribution in [0.5, 0.6) is 0 Å². The molecule has 4 N–H and O–H groups in total. The summed E-state index contributed by atoms with van der Waals surface area (Å²) in [4.78, 5) is 21.6. The number of carboxylic acid groups (broad SMARTS) is 1. The first-order valence-corrected chi connectivity index (χ1v) is 5.79. The summed E-state index contributed by atoms with van der Waals surface area (Å²) in [6.45, 7) is -0.513. The Labute approximate surface area is 117 Å². The Balaban J connectivity index is 2.41. The number of carbonyl (C=O) groups excluding carboxylic acids is 1. The van der Waals surface area contributed by atoms with Gasteiger partial charge in [0.1, 0.15) is 0 Å². The number of rotatable bonds is 5. The van der Waals surface area contributed by atoms with Crippen LogP contribution in [0.2, 0.25) is 0 Å². The minimum atomic E-state index is -4.42. The van der Waals surface area contributed by atoms with E-state index in [4.69, 9.17) is 10.2 Å². The summed E-state index contributed by atoms with van der Waals surface area (Å²) >= 11 is 0. The number of aliphatic hydroxyl groups excluding tert-OH is 1. The van der Waals surface area contributed by atoms with Crippen molar-refractivity contribution >= 4 is 12.0 Å². The molecule has 1 aromatic rings. The fraction of sp³-hybridized carbons (Fsp3) is 0.333. The molecule has 0 saturated carbocycles. The number of hydrogen-bond acceptors (Lipinski definition) is 3. The first-order chi connectivity index (χ1) is 9.70. The van der Waals surface area contributed by atoms with Crippen LogP contribution in [0.15, 0.2) is 24.3 Å². The standard InChI is InChI=1S/C12H13F3N2O4/c13-12(14,15)8-3-1-7(2-4-8)5-16-11(21)17-6-9(18)10(19)20/h1-4,9,18H,5-6H2,(H,19,20)(H2,16,17,21). The van der Waals surface area contributed by atoms with Crippen molar-refractivity contribution in [2.24, 2.45) is 0 Å². The van der Waals surface area contributed by atoms with E-state index >= 15 is 0 Å². The summed E-state index contributed by atoms with van der Waals surface area (Å²) in [5.74, 6) is -1.47. The van der Waals surface area contributed by atoms with Crippen molar-refractivity contribution in [1.29, 1.82) is 0 Å². The SMILES string of the molecule is O=C(NCc1ccc(C(F)(F)F)cc1)NCC(O)C(=O)O. The van der Waals surface area contributed by atoms with E-state index in [1.54, 1.807) is 0 Å². The Hall–Kier alpha value is -2.29. The van der Waals surface area contributed by atoms with E-state index in [0.29, 0.717) is 5.56 Å². The maximum absolute atomic E-state index is 12.3. The zero-order chi connectivity index (χ0) is 16.0. The van der Waals surface area contributed by atoms with Crippen molar-refractivity contribution in [2.75, 3.05) is 6.54 Å². The van der Waals surface area contributed by atoms with E-state index in [1.165, 1.54) is 12.1 Å². The van der Waals surface area contributed by atoms with Crippen LogP contribution < -0.4 is 10.6 Å². The van der Waals surface area contributed by atoms with Crippen LogP contribution in [0.4, 0.5) is 18.0 Å². The average Bonchev–Trinajstić information content (AvgIpc) is 2.41. The van der Waals surface area contributed by atoms with Gasteiger partial charge in [0.05, 0.1) is 12.1 Å². The normalized spacial score (nSPS) is 12.6. The van der Waals surface area contributed by atoms with Gasteiger partial charge in [-0.15, -0.1) is 0 Å². The summed E-state index contributed by atoms with van der Waals surface area (Å²) in [7, 11) is 0. The van der Waals surface area contributed by atoms with Gasteiger partial charge in [-0.2, -0.15) is 13.2 Å². The number of halogens is 3. The van der Waals surface area contributed by atoms with Gasteiger partial charge in [-0.3, -0.25) is 0 Å². The molecule has 0 aliphatic heterocycles. The Bertz CT molecular complexity index is 502. The first-order valence-electron chi connectivity index (χ1n) is 5.79. The molecule has 1 unspecified atom stereocenters. The largest absolute Gasteiger partial charge is 0.479 e. The molecule has 0 radical (unpaired) electrons. The summed E-state index contributed by atoms with van der Waals surface area (Å²) < 4.78 is 37.0. The van der Waals surface area contributed by atoms with Gasteiger partial charge >= 0.3 is 18.2 Å². The third kappa shape index (κ3) is 5.69. The molecule has 0 heterocycles. The molecule has 0 aliphatic carbocycles. The van der Waals surface area contributed by atoms with Crippen LogP contribution in [0, 0.1) is 0 Å². The van der Waals surface area contributed by atoms with Crippen molar-refractivity contribution in [1.82, 2.24) is 10.6 Å². The van der Waals surface area contributed by atoms with Crippen molar-refractivity contribution in [3.8, 4) is 0 Å². The lowest BCUT2D eigenvalue weighted by atomic mass is 10.1. The van der Waals surface area contributed by atoms with Crippen molar-refractivity contribution in [2.45, 2.75) is 18.8 Å². The van der Waals surface area contributed by atoms with Crippen LogP contribution in [-0.4, -0.2) is 34.9 Å². The van der Waals surface area contributed by atoms with Crippen LogP contribution >= 0.6 is 0 Å². The van der Waals surface area contributed by atoms with Gasteiger partial charge in [0.2, 0.25) is 0 Å². The summed E-state index contributed by atoms with van der Waals surface area (Å²) in [6, 6.07) is 3.48. The third-order valence-electron chi connectivity index (χ3n) is 2.48. The van der Waals surface area contributed by atoms with E-state index in [-0.39, 0.29) is 6.54 Å². The molecule has 0 aromatic heterocycles. The van der Waals surface area contributed by atoms with Gasteiger partial charge in [-0.05, 0) is 17.7 Å². The van der Waals surface area contributed by atoms with E-state index in [2.05, 4.69) is 10.6 Å². The van der Waals surface area contributed by atoms with Gasteiger partial charge in [-0.25, -0.2) is 9.59 Å². The molecule has 0 spiro atoms. The molecule has 21 heavy (non-hydrogen) atoms. The Morgan fingerprint density at radius 2 is 1.71 bits per heavy atom. The minimum Gasteiger partial charge on any atom is -0.479 e. The lowest BCUT2D eigenvalue weighted by molar-refractivity contribution is -0.146. The molecule has 2 amide bonds. The van der Waals surface area contributed by atoms with Gasteiger partial charge in [0.15, 0.2) is 6.10 Å². The molecule has 0 aliphatic rings. The Morgan fingerprint density at radius 3 is 2.19 bits per heavy atom. The lowest BCUT2D eigenvalue weighted by Gasteiger charge is -2.10. The van der Waals surface area contributed by atoms with Gasteiger partial charge in [0.25, 0.3) is 0 Å². The fourth-order valence-electron chi connectivity index (χ4n) is 1.33. The molecule has 1 aromatic carbocycles. The highest BCUT2D eigenvalue weighted by Gasteiger charge is 2.29. The zero-order valence-corrected chi connectivity index (χ0v) is 10.6.